The van der Waals surface area contributed by atoms with Gasteiger partial charge < -0.3 is 10.1 Å². The fraction of sp³-hybridized carbons (Fsp3) is 0.143. The predicted molar refractivity (Wildman–Crippen MR) is 85.7 cm³/mol. The van der Waals surface area contributed by atoms with Crippen LogP contribution in [0.1, 0.15) is 4.88 Å². The Labute approximate surface area is 127 Å². The fourth-order valence-corrected chi connectivity index (χ4v) is 2.73. The minimum atomic E-state index is 0. The molecular formula is C14H14ClN3OS. The Kier molecular flexibility index (Phi) is 4.42. The van der Waals surface area contributed by atoms with Crippen LogP contribution in [0.5, 0.6) is 5.75 Å². The summed E-state index contributed by atoms with van der Waals surface area (Å²) in [6.07, 6.45) is 1.59. The van der Waals surface area contributed by atoms with Crippen molar-refractivity contribution in [3.8, 4) is 5.75 Å². The molecule has 0 fully saturated rings. The summed E-state index contributed by atoms with van der Waals surface area (Å²) in [5.74, 6) is 1.67. The molecule has 1 N–H and O–H groups in total. The van der Waals surface area contributed by atoms with Crippen molar-refractivity contribution in [2.45, 2.75) is 6.92 Å². The SMILES string of the molecule is COc1ccc(Nc2ncnc3sc(C)cc23)cc1.Cl. The molecule has 2 heterocycles. The topological polar surface area (TPSA) is 47.0 Å². The van der Waals surface area contributed by atoms with Gasteiger partial charge in [0.2, 0.25) is 0 Å². The molecule has 104 valence electrons. The summed E-state index contributed by atoms with van der Waals surface area (Å²) in [5, 5.41) is 4.37. The summed E-state index contributed by atoms with van der Waals surface area (Å²) >= 11 is 1.67. The van der Waals surface area contributed by atoms with Crippen LogP contribution < -0.4 is 10.1 Å². The van der Waals surface area contributed by atoms with Crippen molar-refractivity contribution in [2.75, 3.05) is 12.4 Å². The van der Waals surface area contributed by atoms with E-state index in [9.17, 15) is 0 Å². The van der Waals surface area contributed by atoms with E-state index in [1.54, 1.807) is 24.8 Å². The second-order valence-electron chi connectivity index (χ2n) is 4.15. The second-order valence-corrected chi connectivity index (χ2v) is 5.39. The third kappa shape index (κ3) is 2.84. The second kappa shape index (κ2) is 6.07. The Hall–Kier alpha value is -1.85. The maximum atomic E-state index is 5.14. The molecule has 0 aliphatic rings. The molecule has 1 aromatic carbocycles. The lowest BCUT2D eigenvalue weighted by atomic mass is 10.3. The minimum Gasteiger partial charge on any atom is -0.497 e. The van der Waals surface area contributed by atoms with Gasteiger partial charge in [-0.25, -0.2) is 9.97 Å². The van der Waals surface area contributed by atoms with E-state index in [0.29, 0.717) is 0 Å². The van der Waals surface area contributed by atoms with Crippen LogP contribution in [0.3, 0.4) is 0 Å². The van der Waals surface area contributed by atoms with Gasteiger partial charge >= 0.3 is 0 Å². The van der Waals surface area contributed by atoms with Gasteiger partial charge in [0.25, 0.3) is 0 Å². The molecule has 0 amide bonds. The van der Waals surface area contributed by atoms with Gasteiger partial charge in [-0.05, 0) is 37.3 Å². The van der Waals surface area contributed by atoms with Gasteiger partial charge in [-0.1, -0.05) is 0 Å². The van der Waals surface area contributed by atoms with E-state index in [2.05, 4.69) is 28.3 Å². The largest absolute Gasteiger partial charge is 0.497 e. The van der Waals surface area contributed by atoms with Gasteiger partial charge in [0.05, 0.1) is 12.5 Å². The van der Waals surface area contributed by atoms with Crippen LogP contribution in [0.2, 0.25) is 0 Å². The van der Waals surface area contributed by atoms with Gasteiger partial charge in [0, 0.05) is 10.6 Å². The number of nitrogens with one attached hydrogen (secondary N) is 1. The van der Waals surface area contributed by atoms with Gasteiger partial charge in [-0.3, -0.25) is 0 Å². The quantitative estimate of drug-likeness (QED) is 0.788. The average molecular weight is 308 g/mol. The molecule has 4 nitrogen and oxygen atoms in total. The van der Waals surface area contributed by atoms with Crippen molar-refractivity contribution < 1.29 is 4.74 Å². The van der Waals surface area contributed by atoms with Crippen LogP contribution in [0, 0.1) is 6.92 Å². The lowest BCUT2D eigenvalue weighted by Gasteiger charge is -2.07. The first-order valence-corrected chi connectivity index (χ1v) is 6.70. The lowest BCUT2D eigenvalue weighted by molar-refractivity contribution is 0.415. The maximum absolute atomic E-state index is 5.14. The van der Waals surface area contributed by atoms with Gasteiger partial charge in [-0.2, -0.15) is 0 Å². The van der Waals surface area contributed by atoms with Crippen LogP contribution in [-0.4, -0.2) is 17.1 Å². The summed E-state index contributed by atoms with van der Waals surface area (Å²) in [6, 6.07) is 9.86. The first-order chi connectivity index (χ1) is 9.26. The maximum Gasteiger partial charge on any atom is 0.142 e. The molecule has 20 heavy (non-hydrogen) atoms. The number of methoxy groups -OCH3 is 1. The molecule has 0 saturated carbocycles. The molecule has 0 aliphatic carbocycles. The Balaban J connectivity index is 0.00000147. The molecule has 0 unspecified atom stereocenters. The first-order valence-electron chi connectivity index (χ1n) is 5.88. The van der Waals surface area contributed by atoms with Crippen LogP contribution in [-0.2, 0) is 0 Å². The van der Waals surface area contributed by atoms with Crippen molar-refractivity contribution in [3.63, 3.8) is 0 Å². The van der Waals surface area contributed by atoms with E-state index < -0.39 is 0 Å². The van der Waals surface area contributed by atoms with Crippen LogP contribution in [0.4, 0.5) is 11.5 Å². The summed E-state index contributed by atoms with van der Waals surface area (Å²) < 4.78 is 5.14. The van der Waals surface area contributed by atoms with E-state index in [-0.39, 0.29) is 12.4 Å². The third-order valence-corrected chi connectivity index (χ3v) is 3.76. The molecule has 6 heteroatoms. The number of halogens is 1. The normalized spacial score (nSPS) is 10.1. The number of rotatable bonds is 3. The Bertz CT molecular complexity index is 712. The number of anilines is 2. The van der Waals surface area contributed by atoms with Gasteiger partial charge in [0.1, 0.15) is 22.7 Å². The number of fused-ring (bicyclic) bond motifs is 1. The molecule has 3 rings (SSSR count). The predicted octanol–water partition coefficient (Wildman–Crippen LogP) is 4.17. The standard InChI is InChI=1S/C14H13N3OS.ClH/c1-9-7-12-13(15-8-16-14(12)19-9)17-10-3-5-11(18-2)6-4-10;/h3-8H,1-2H3,(H,15,16,17);1H. The molecule has 3 aromatic rings. The van der Waals surface area contributed by atoms with E-state index in [0.717, 1.165) is 27.5 Å². The van der Waals surface area contributed by atoms with Crippen molar-refractivity contribution in [3.05, 3.63) is 41.5 Å². The lowest BCUT2D eigenvalue weighted by Crippen LogP contribution is -1.94. The van der Waals surface area contributed by atoms with Gasteiger partial charge in [-0.15, -0.1) is 23.7 Å². The molecular weight excluding hydrogens is 294 g/mol. The van der Waals surface area contributed by atoms with Crippen LogP contribution >= 0.6 is 23.7 Å². The number of thiophene rings is 1. The molecule has 0 bridgehead atoms. The number of aromatic nitrogens is 2. The van der Waals surface area contributed by atoms with Crippen LogP contribution in [0.15, 0.2) is 36.7 Å². The molecule has 0 aliphatic heterocycles. The van der Waals surface area contributed by atoms with E-state index in [1.165, 1.54) is 4.88 Å². The Morgan fingerprint density at radius 1 is 1.15 bits per heavy atom. The molecule has 0 radical (unpaired) electrons. The highest BCUT2D eigenvalue weighted by atomic mass is 35.5. The number of ether oxygens (including phenoxy) is 1. The van der Waals surface area contributed by atoms with Crippen molar-refractivity contribution in [2.24, 2.45) is 0 Å². The number of nitrogens with zero attached hydrogens (tertiary/aromatic N) is 2. The number of hydrogen-bond donors (Lipinski definition) is 1. The van der Waals surface area contributed by atoms with E-state index in [4.69, 9.17) is 4.74 Å². The minimum absolute atomic E-state index is 0. The molecule has 0 atom stereocenters. The highest BCUT2D eigenvalue weighted by molar-refractivity contribution is 7.18. The van der Waals surface area contributed by atoms with Crippen molar-refractivity contribution >= 4 is 45.5 Å². The summed E-state index contributed by atoms with van der Waals surface area (Å²) in [6.45, 7) is 2.07. The van der Waals surface area contributed by atoms with E-state index >= 15 is 0 Å². The summed E-state index contributed by atoms with van der Waals surface area (Å²) in [5.41, 5.74) is 0.977. The average Bonchev–Trinajstić information content (AvgIpc) is 2.81. The molecule has 0 saturated heterocycles. The Morgan fingerprint density at radius 3 is 2.60 bits per heavy atom. The highest BCUT2D eigenvalue weighted by Crippen LogP contribution is 2.29. The van der Waals surface area contributed by atoms with Crippen LogP contribution in [0.25, 0.3) is 10.2 Å². The number of hydrogen-bond acceptors (Lipinski definition) is 5. The highest BCUT2D eigenvalue weighted by Gasteiger charge is 2.07. The number of benzene rings is 1. The van der Waals surface area contributed by atoms with Crippen molar-refractivity contribution in [1.82, 2.24) is 9.97 Å². The molecule has 0 spiro atoms. The first kappa shape index (κ1) is 14.6. The van der Waals surface area contributed by atoms with Crippen molar-refractivity contribution in [1.29, 1.82) is 0 Å². The zero-order valence-corrected chi connectivity index (χ0v) is 12.7. The van der Waals surface area contributed by atoms with E-state index in [1.807, 2.05) is 24.3 Å². The van der Waals surface area contributed by atoms with Gasteiger partial charge in [0.15, 0.2) is 0 Å². The zero-order chi connectivity index (χ0) is 13.2. The number of aryl methyl sites for hydroxylation is 1. The smallest absolute Gasteiger partial charge is 0.142 e. The summed E-state index contributed by atoms with van der Waals surface area (Å²) in [4.78, 5) is 10.8. The monoisotopic (exact) mass is 307 g/mol. The third-order valence-electron chi connectivity index (χ3n) is 2.81. The fourth-order valence-electron chi connectivity index (χ4n) is 1.89. The molecule has 2 aromatic heterocycles. The Morgan fingerprint density at radius 2 is 1.90 bits per heavy atom. The zero-order valence-electron chi connectivity index (χ0n) is 11.1. The summed E-state index contributed by atoms with van der Waals surface area (Å²) in [7, 11) is 1.66.